The van der Waals surface area contributed by atoms with Crippen LogP contribution in [0.15, 0.2) is 17.4 Å². The van der Waals surface area contributed by atoms with Gasteiger partial charge in [-0.05, 0) is 0 Å². The zero-order chi connectivity index (χ0) is 12.7. The number of aromatic nitrogens is 4. The van der Waals surface area contributed by atoms with E-state index in [1.54, 1.807) is 4.57 Å². The van der Waals surface area contributed by atoms with E-state index in [2.05, 4.69) is 15.0 Å². The van der Waals surface area contributed by atoms with E-state index in [0.717, 1.165) is 0 Å². The maximum Gasteiger partial charge on any atom is 0.278 e. The largest absolute Gasteiger partial charge is 0.394 e. The van der Waals surface area contributed by atoms with Gasteiger partial charge in [0.2, 0.25) is 0 Å². The number of ether oxygens (including phenoxy) is 1. The summed E-state index contributed by atoms with van der Waals surface area (Å²) in [5.41, 5.74) is 0.300. The molecule has 18 heavy (non-hydrogen) atoms. The Morgan fingerprint density at radius 2 is 2.39 bits per heavy atom. The first-order valence-corrected chi connectivity index (χ1v) is 5.55. The van der Waals surface area contributed by atoms with Crippen molar-refractivity contribution in [1.82, 2.24) is 19.5 Å². The number of H-pyrrole nitrogens is 1. The summed E-state index contributed by atoms with van der Waals surface area (Å²) in [6.45, 7) is -0.252. The molecule has 96 valence electrons. The number of hydrogen-bond donors (Lipinski definition) is 3. The Hall–Kier alpha value is -1.77. The molecule has 3 heterocycles. The van der Waals surface area contributed by atoms with Crippen LogP contribution in [-0.4, -0.2) is 48.5 Å². The summed E-state index contributed by atoms with van der Waals surface area (Å²) < 4.78 is 7.07. The highest BCUT2D eigenvalue weighted by Gasteiger charge is 2.35. The Morgan fingerprint density at radius 1 is 1.56 bits per heavy atom. The smallest absolute Gasteiger partial charge is 0.278 e. The van der Waals surface area contributed by atoms with Crippen LogP contribution in [0.3, 0.4) is 0 Å². The van der Waals surface area contributed by atoms with Crippen molar-refractivity contribution in [2.75, 3.05) is 6.61 Å². The van der Waals surface area contributed by atoms with Gasteiger partial charge in [-0.3, -0.25) is 9.36 Å². The number of aromatic amines is 1. The molecule has 0 aliphatic carbocycles. The van der Waals surface area contributed by atoms with Gasteiger partial charge >= 0.3 is 0 Å². The van der Waals surface area contributed by atoms with Gasteiger partial charge in [-0.1, -0.05) is 0 Å². The number of imidazole rings is 1. The fraction of sp³-hybridized carbons (Fsp3) is 0.500. The molecular weight excluding hydrogens is 240 g/mol. The molecule has 1 fully saturated rings. The van der Waals surface area contributed by atoms with E-state index in [9.17, 15) is 9.90 Å². The standard InChI is InChI=1S/C10H12N4O4/c15-2-6-5(16)1-7(18-6)14-4-13-8-9(14)11-3-12-10(8)17/h3-7,15-16H,1-2H2,(H,11,12,17)/t5?,6-,7-/m0/s1. The highest BCUT2D eigenvalue weighted by atomic mass is 16.5. The lowest BCUT2D eigenvalue weighted by Gasteiger charge is -2.13. The van der Waals surface area contributed by atoms with E-state index in [-0.39, 0.29) is 17.7 Å². The van der Waals surface area contributed by atoms with Gasteiger partial charge in [-0.2, -0.15) is 0 Å². The first-order chi connectivity index (χ1) is 8.70. The normalized spacial score (nSPS) is 28.0. The first kappa shape index (κ1) is 11.3. The van der Waals surface area contributed by atoms with Crippen molar-refractivity contribution in [2.45, 2.75) is 24.9 Å². The average molecular weight is 252 g/mol. The second-order valence-electron chi connectivity index (χ2n) is 4.17. The molecule has 1 aliphatic heterocycles. The van der Waals surface area contributed by atoms with Crippen molar-refractivity contribution in [3.05, 3.63) is 23.0 Å². The van der Waals surface area contributed by atoms with Crippen LogP contribution in [0.5, 0.6) is 0 Å². The minimum atomic E-state index is -0.737. The molecule has 1 unspecified atom stereocenters. The Bertz CT molecular complexity index is 622. The van der Waals surface area contributed by atoms with E-state index < -0.39 is 18.4 Å². The first-order valence-electron chi connectivity index (χ1n) is 5.55. The van der Waals surface area contributed by atoms with Gasteiger partial charge < -0.3 is 19.9 Å². The van der Waals surface area contributed by atoms with Crippen molar-refractivity contribution in [3.8, 4) is 0 Å². The van der Waals surface area contributed by atoms with Gasteiger partial charge in [-0.25, -0.2) is 9.97 Å². The maximum atomic E-state index is 11.5. The maximum absolute atomic E-state index is 11.5. The molecule has 1 saturated heterocycles. The molecular formula is C10H12N4O4. The number of aliphatic hydroxyl groups is 2. The van der Waals surface area contributed by atoms with Crippen molar-refractivity contribution in [1.29, 1.82) is 0 Å². The highest BCUT2D eigenvalue weighted by molar-refractivity contribution is 5.68. The summed E-state index contributed by atoms with van der Waals surface area (Å²) >= 11 is 0. The molecule has 0 amide bonds. The van der Waals surface area contributed by atoms with E-state index in [4.69, 9.17) is 9.84 Å². The second-order valence-corrected chi connectivity index (χ2v) is 4.17. The predicted octanol–water partition coefficient (Wildman–Crippen LogP) is -1.24. The molecule has 8 heteroatoms. The van der Waals surface area contributed by atoms with Crippen LogP contribution in [0, 0.1) is 0 Å². The van der Waals surface area contributed by atoms with Gasteiger partial charge in [0, 0.05) is 6.42 Å². The Kier molecular flexibility index (Phi) is 2.62. The Morgan fingerprint density at radius 3 is 3.11 bits per heavy atom. The minimum absolute atomic E-state index is 0.225. The van der Waals surface area contributed by atoms with Gasteiger partial charge in [0.25, 0.3) is 5.56 Å². The fourth-order valence-corrected chi connectivity index (χ4v) is 2.12. The lowest BCUT2D eigenvalue weighted by Crippen LogP contribution is -2.24. The van der Waals surface area contributed by atoms with Crippen LogP contribution in [0.4, 0.5) is 0 Å². The summed E-state index contributed by atoms with van der Waals surface area (Å²) in [6.07, 6.45) is 1.23. The summed E-state index contributed by atoms with van der Waals surface area (Å²) in [4.78, 5) is 21.9. The van der Waals surface area contributed by atoms with Crippen LogP contribution in [-0.2, 0) is 4.74 Å². The van der Waals surface area contributed by atoms with Gasteiger partial charge in [0.05, 0.1) is 25.4 Å². The molecule has 0 bridgehead atoms. The third kappa shape index (κ3) is 1.62. The van der Waals surface area contributed by atoms with E-state index in [1.807, 2.05) is 0 Å². The van der Waals surface area contributed by atoms with Crippen molar-refractivity contribution in [2.24, 2.45) is 0 Å². The lowest BCUT2D eigenvalue weighted by atomic mass is 10.2. The molecule has 2 aromatic heterocycles. The van der Waals surface area contributed by atoms with Gasteiger partial charge in [0.1, 0.15) is 12.3 Å². The third-order valence-corrected chi connectivity index (χ3v) is 3.06. The van der Waals surface area contributed by atoms with Crippen LogP contribution in [0.2, 0.25) is 0 Å². The van der Waals surface area contributed by atoms with Crippen LogP contribution in [0.1, 0.15) is 12.6 Å². The average Bonchev–Trinajstić information content (AvgIpc) is 2.93. The number of nitrogens with one attached hydrogen (secondary N) is 1. The minimum Gasteiger partial charge on any atom is -0.394 e. The number of rotatable bonds is 2. The summed E-state index contributed by atoms with van der Waals surface area (Å²) in [5, 5.41) is 18.7. The molecule has 0 saturated carbocycles. The molecule has 1 aliphatic rings. The van der Waals surface area contributed by atoms with E-state index in [1.165, 1.54) is 12.7 Å². The second kappa shape index (κ2) is 4.16. The molecule has 8 nitrogen and oxygen atoms in total. The van der Waals surface area contributed by atoms with Crippen LogP contribution < -0.4 is 5.56 Å². The number of fused-ring (bicyclic) bond motifs is 1. The molecule has 0 radical (unpaired) electrons. The van der Waals surface area contributed by atoms with Crippen molar-refractivity contribution >= 4 is 11.2 Å². The summed E-state index contributed by atoms with van der Waals surface area (Å²) in [5.74, 6) is 0. The molecule has 3 N–H and O–H groups in total. The molecule has 2 aromatic rings. The quantitative estimate of drug-likeness (QED) is 0.616. The molecule has 0 spiro atoms. The van der Waals surface area contributed by atoms with Crippen molar-refractivity contribution in [3.63, 3.8) is 0 Å². The van der Waals surface area contributed by atoms with Crippen molar-refractivity contribution < 1.29 is 14.9 Å². The van der Waals surface area contributed by atoms with Crippen LogP contribution in [0.25, 0.3) is 11.2 Å². The summed E-state index contributed by atoms with van der Waals surface area (Å²) in [7, 11) is 0. The zero-order valence-corrected chi connectivity index (χ0v) is 9.35. The van der Waals surface area contributed by atoms with Gasteiger partial charge in [0.15, 0.2) is 11.2 Å². The monoisotopic (exact) mass is 252 g/mol. The topological polar surface area (TPSA) is 113 Å². The predicted molar refractivity (Wildman–Crippen MR) is 59.8 cm³/mol. The molecule has 3 atom stereocenters. The van der Waals surface area contributed by atoms with E-state index in [0.29, 0.717) is 12.1 Å². The fourth-order valence-electron chi connectivity index (χ4n) is 2.12. The highest BCUT2D eigenvalue weighted by Crippen LogP contribution is 2.29. The number of aliphatic hydroxyl groups excluding tert-OH is 2. The van der Waals surface area contributed by atoms with Crippen LogP contribution >= 0.6 is 0 Å². The zero-order valence-electron chi connectivity index (χ0n) is 9.35. The lowest BCUT2D eigenvalue weighted by molar-refractivity contribution is -0.0432. The Balaban J connectivity index is 2.01. The third-order valence-electron chi connectivity index (χ3n) is 3.06. The summed E-state index contributed by atoms with van der Waals surface area (Å²) in [6, 6.07) is 0. The molecule has 3 rings (SSSR count). The Labute approximate surface area is 101 Å². The molecule has 0 aromatic carbocycles. The van der Waals surface area contributed by atoms with E-state index >= 15 is 0 Å². The SMILES string of the molecule is O=c1[nH]cnc2c1ncn2[C@@H]1CC(O)[C@H](CO)O1. The number of hydrogen-bond acceptors (Lipinski definition) is 6. The number of nitrogens with zero attached hydrogens (tertiary/aromatic N) is 3. The van der Waals surface area contributed by atoms with Gasteiger partial charge in [-0.15, -0.1) is 0 Å².